The van der Waals surface area contributed by atoms with Gasteiger partial charge in [0.05, 0.1) is 23.4 Å². The molecule has 1 atom stereocenters. The van der Waals surface area contributed by atoms with E-state index in [4.69, 9.17) is 24.5 Å². The minimum Gasteiger partial charge on any atom is -0.478 e. The lowest BCUT2D eigenvalue weighted by Crippen LogP contribution is -2.25. The van der Waals surface area contributed by atoms with E-state index in [2.05, 4.69) is 17.7 Å². The van der Waals surface area contributed by atoms with Crippen molar-refractivity contribution in [3.05, 3.63) is 46.3 Å². The minimum absolute atomic E-state index is 0.165. The van der Waals surface area contributed by atoms with Gasteiger partial charge in [0, 0.05) is 17.4 Å². The average Bonchev–Trinajstić information content (AvgIpc) is 2.94. The van der Waals surface area contributed by atoms with E-state index in [-0.39, 0.29) is 6.10 Å². The summed E-state index contributed by atoms with van der Waals surface area (Å²) in [5, 5.41) is 14.4. The van der Waals surface area contributed by atoms with Gasteiger partial charge in [-0.15, -0.1) is 0 Å². The Kier molecular flexibility index (Phi) is 13.8. The van der Waals surface area contributed by atoms with Gasteiger partial charge in [-0.25, -0.2) is 0 Å². The maximum absolute atomic E-state index is 9.39. The zero-order valence-electron chi connectivity index (χ0n) is 21.4. The third-order valence-electron chi connectivity index (χ3n) is 5.68. The van der Waals surface area contributed by atoms with E-state index in [9.17, 15) is 5.26 Å². The summed E-state index contributed by atoms with van der Waals surface area (Å²) in [6, 6.07) is 2.81. The van der Waals surface area contributed by atoms with Gasteiger partial charge in [-0.3, -0.25) is 4.68 Å². The summed E-state index contributed by atoms with van der Waals surface area (Å²) in [6.07, 6.45) is 9.63. The van der Waals surface area contributed by atoms with E-state index in [0.717, 1.165) is 45.4 Å². The summed E-state index contributed by atoms with van der Waals surface area (Å²) >= 11 is 1.98. The molecule has 9 heteroatoms. The number of aromatic nitrogens is 2. The van der Waals surface area contributed by atoms with Gasteiger partial charge in [0.25, 0.3) is 0 Å². The summed E-state index contributed by atoms with van der Waals surface area (Å²) in [4.78, 5) is 21.7. The monoisotopic (exact) mass is 509 g/mol. The first-order valence-electron chi connectivity index (χ1n) is 12.0. The van der Waals surface area contributed by atoms with Crippen molar-refractivity contribution in [1.82, 2.24) is 9.78 Å². The molecule has 1 aromatic heterocycles. The molecule has 1 saturated carbocycles. The van der Waals surface area contributed by atoms with Gasteiger partial charge in [0.2, 0.25) is 0 Å². The van der Waals surface area contributed by atoms with Crippen LogP contribution in [0.1, 0.15) is 84.2 Å². The van der Waals surface area contributed by atoms with E-state index in [1.54, 1.807) is 0 Å². The predicted molar refractivity (Wildman–Crippen MR) is 142 cm³/mol. The van der Waals surface area contributed by atoms with Crippen LogP contribution in [0, 0.1) is 18.3 Å². The van der Waals surface area contributed by atoms with Gasteiger partial charge < -0.3 is 19.4 Å². The van der Waals surface area contributed by atoms with E-state index in [1.165, 1.54) is 19.3 Å². The van der Waals surface area contributed by atoms with Gasteiger partial charge in [-0.05, 0) is 56.9 Å². The van der Waals surface area contributed by atoms with Gasteiger partial charge in [0.15, 0.2) is 5.75 Å². The molecule has 0 aromatic carbocycles. The smallest absolute Gasteiger partial charge is 0.324 e. The highest BCUT2D eigenvalue weighted by Crippen LogP contribution is 2.44. The highest BCUT2D eigenvalue weighted by molar-refractivity contribution is 8.00. The van der Waals surface area contributed by atoms with Crippen LogP contribution in [-0.2, 0) is 0 Å². The maximum atomic E-state index is 9.39. The van der Waals surface area contributed by atoms with Gasteiger partial charge >= 0.3 is 8.60 Å². The SMILES string of the molecule is CC.CC.CC1=CC(Oc2c(C3CCC3)nn(C3CSC3)c2C)C=CC(C)=C1C#N.OP(O)O. The number of thioether (sulfide) groups is 1. The van der Waals surface area contributed by atoms with E-state index in [1.807, 2.05) is 71.5 Å². The van der Waals surface area contributed by atoms with Crippen molar-refractivity contribution in [3.8, 4) is 11.8 Å². The molecule has 0 radical (unpaired) electrons. The Balaban J connectivity index is 0.000000644. The predicted octanol–water partition coefficient (Wildman–Crippen LogP) is 6.09. The van der Waals surface area contributed by atoms with Gasteiger partial charge in [-0.1, -0.05) is 40.2 Å². The maximum Gasteiger partial charge on any atom is 0.324 e. The number of hydrogen-bond acceptors (Lipinski definition) is 7. The molecule has 4 rings (SSSR count). The largest absolute Gasteiger partial charge is 0.478 e. The first kappa shape index (κ1) is 30.4. The summed E-state index contributed by atoms with van der Waals surface area (Å²) < 4.78 is 8.67. The fraction of sp³-hybridized carbons (Fsp3) is 0.600. The Morgan fingerprint density at radius 2 is 1.71 bits per heavy atom. The van der Waals surface area contributed by atoms with Crippen molar-refractivity contribution in [2.45, 2.75) is 85.8 Å². The van der Waals surface area contributed by atoms with E-state index in [0.29, 0.717) is 12.0 Å². The van der Waals surface area contributed by atoms with Crippen molar-refractivity contribution in [2.24, 2.45) is 0 Å². The Labute approximate surface area is 210 Å². The molecule has 3 aliphatic rings. The second-order valence-corrected chi connectivity index (χ2v) is 9.40. The molecular formula is C25H40N3O4PS. The molecule has 0 bridgehead atoms. The van der Waals surface area contributed by atoms with Crippen LogP contribution in [0.3, 0.4) is 0 Å². The fourth-order valence-electron chi connectivity index (χ4n) is 3.74. The lowest BCUT2D eigenvalue weighted by molar-refractivity contribution is 0.282. The molecule has 2 heterocycles. The van der Waals surface area contributed by atoms with Crippen molar-refractivity contribution in [2.75, 3.05) is 11.5 Å². The molecule has 2 fully saturated rings. The Morgan fingerprint density at radius 1 is 1.12 bits per heavy atom. The zero-order valence-corrected chi connectivity index (χ0v) is 23.2. The normalized spacial score (nSPS) is 19.6. The molecule has 34 heavy (non-hydrogen) atoms. The fourth-order valence-corrected chi connectivity index (χ4v) is 4.47. The molecule has 0 amide bonds. The number of hydrogen-bond donors (Lipinski definition) is 3. The van der Waals surface area contributed by atoms with Gasteiger partial charge in [0.1, 0.15) is 11.8 Å². The molecule has 1 aromatic rings. The van der Waals surface area contributed by atoms with Crippen molar-refractivity contribution >= 4 is 20.4 Å². The highest BCUT2D eigenvalue weighted by atomic mass is 32.2. The molecule has 2 aliphatic carbocycles. The molecule has 3 N–H and O–H groups in total. The summed E-state index contributed by atoms with van der Waals surface area (Å²) in [6.45, 7) is 14.1. The third-order valence-corrected chi connectivity index (χ3v) is 6.92. The van der Waals surface area contributed by atoms with Crippen LogP contribution in [0.2, 0.25) is 0 Å². The lowest BCUT2D eigenvalue weighted by atomic mass is 9.82. The first-order valence-corrected chi connectivity index (χ1v) is 14.3. The van der Waals surface area contributed by atoms with Crippen molar-refractivity contribution in [3.63, 3.8) is 0 Å². The Hall–Kier alpha value is -1.62. The average molecular weight is 510 g/mol. The Bertz CT molecular complexity index is 907. The highest BCUT2D eigenvalue weighted by Gasteiger charge is 2.32. The van der Waals surface area contributed by atoms with E-state index < -0.39 is 8.60 Å². The zero-order chi connectivity index (χ0) is 25.8. The second kappa shape index (κ2) is 15.4. The van der Waals surface area contributed by atoms with Crippen LogP contribution in [0.15, 0.2) is 34.9 Å². The second-order valence-electron chi connectivity index (χ2n) is 7.79. The third kappa shape index (κ3) is 7.96. The number of nitriles is 1. The van der Waals surface area contributed by atoms with Crippen LogP contribution < -0.4 is 4.74 Å². The molecule has 1 saturated heterocycles. The van der Waals surface area contributed by atoms with Crippen LogP contribution in [0.5, 0.6) is 5.75 Å². The summed E-state index contributed by atoms with van der Waals surface area (Å²) in [5.74, 6) is 3.78. The van der Waals surface area contributed by atoms with Crippen LogP contribution in [0.4, 0.5) is 0 Å². The van der Waals surface area contributed by atoms with Crippen LogP contribution in [-0.4, -0.2) is 42.1 Å². The molecule has 7 nitrogen and oxygen atoms in total. The molecule has 190 valence electrons. The quantitative estimate of drug-likeness (QED) is 0.421. The molecular weight excluding hydrogens is 469 g/mol. The number of nitrogens with zero attached hydrogens (tertiary/aromatic N) is 3. The van der Waals surface area contributed by atoms with Crippen molar-refractivity contribution < 1.29 is 19.4 Å². The lowest BCUT2D eigenvalue weighted by Gasteiger charge is -2.26. The standard InChI is InChI=1S/C21H25N3OS.2C2H6.H3O3P/c1-13-7-8-18(9-14(2)19(13)10-22)25-21-15(3)24(17-11-26-12-17)23-20(21)16-5-4-6-16;2*1-2;1-4(2)3/h7-9,16-18H,4-6,11-12H2,1-3H3;2*1-2H3;1-3H. The minimum atomic E-state index is -2.62. The first-order chi connectivity index (χ1) is 16.3. The molecule has 1 unspecified atom stereocenters. The molecule has 1 aliphatic heterocycles. The molecule has 0 spiro atoms. The summed E-state index contributed by atoms with van der Waals surface area (Å²) in [5.41, 5.74) is 4.99. The van der Waals surface area contributed by atoms with Gasteiger partial charge in [-0.2, -0.15) is 22.1 Å². The summed E-state index contributed by atoms with van der Waals surface area (Å²) in [7, 11) is -2.62. The van der Waals surface area contributed by atoms with E-state index >= 15 is 0 Å². The Morgan fingerprint density at radius 3 is 2.15 bits per heavy atom. The number of ether oxygens (including phenoxy) is 1. The van der Waals surface area contributed by atoms with Crippen molar-refractivity contribution in [1.29, 1.82) is 5.26 Å². The topological polar surface area (TPSA) is 112 Å². The van der Waals surface area contributed by atoms with Crippen LogP contribution >= 0.6 is 20.4 Å². The number of allylic oxidation sites excluding steroid dienone is 4. The number of rotatable bonds is 4. The van der Waals surface area contributed by atoms with Crippen LogP contribution in [0.25, 0.3) is 0 Å².